The van der Waals surface area contributed by atoms with E-state index in [1.807, 2.05) is 11.8 Å². The molecule has 0 radical (unpaired) electrons. The van der Waals surface area contributed by atoms with Gasteiger partial charge in [0.2, 0.25) is 11.0 Å². The van der Waals surface area contributed by atoms with Gasteiger partial charge >= 0.3 is 0 Å². The first-order chi connectivity index (χ1) is 10.1. The molecule has 0 bridgehead atoms. The minimum atomic E-state index is 0. The molecule has 0 spiro atoms. The predicted octanol–water partition coefficient (Wildman–Crippen LogP) is 1.31. The number of amides is 1. The standard InChI is InChI=1S/C14H23N5OS.ClH/c1-10-9-12(3-4-15-10)13(20)18-5-7-19(8-6-18)14-16-11(2)17-21-14;/h10,12,15H,3-9H2,1-2H3;1H/t10-,12-;/m0./s1. The number of anilines is 1. The highest BCUT2D eigenvalue weighted by atomic mass is 35.5. The summed E-state index contributed by atoms with van der Waals surface area (Å²) in [5.41, 5.74) is 0. The molecule has 2 saturated heterocycles. The van der Waals surface area contributed by atoms with E-state index in [0.29, 0.717) is 11.9 Å². The lowest BCUT2D eigenvalue weighted by molar-refractivity contribution is -0.137. The second-order valence-corrected chi connectivity index (χ2v) is 6.74. The molecule has 0 aliphatic carbocycles. The van der Waals surface area contributed by atoms with Crippen molar-refractivity contribution < 1.29 is 4.79 Å². The van der Waals surface area contributed by atoms with Gasteiger partial charge in [-0.1, -0.05) is 0 Å². The highest BCUT2D eigenvalue weighted by Gasteiger charge is 2.30. The molecule has 2 atom stereocenters. The molecule has 0 saturated carbocycles. The molecule has 2 aliphatic rings. The number of hydrogen-bond acceptors (Lipinski definition) is 6. The van der Waals surface area contributed by atoms with Gasteiger partial charge in [0.25, 0.3) is 0 Å². The fourth-order valence-corrected chi connectivity index (χ4v) is 3.87. The Morgan fingerprint density at radius 1 is 1.32 bits per heavy atom. The average Bonchev–Trinajstić information content (AvgIpc) is 2.93. The van der Waals surface area contributed by atoms with Crippen molar-refractivity contribution in [2.24, 2.45) is 5.92 Å². The lowest BCUT2D eigenvalue weighted by Crippen LogP contribution is -2.52. The highest BCUT2D eigenvalue weighted by Crippen LogP contribution is 2.22. The van der Waals surface area contributed by atoms with Crippen LogP contribution in [0, 0.1) is 12.8 Å². The van der Waals surface area contributed by atoms with Crippen molar-refractivity contribution in [1.29, 1.82) is 0 Å². The summed E-state index contributed by atoms with van der Waals surface area (Å²) in [5, 5.41) is 4.39. The minimum absolute atomic E-state index is 0. The molecule has 6 nitrogen and oxygen atoms in total. The second kappa shape index (κ2) is 7.57. The molecule has 3 rings (SSSR count). The molecule has 1 amide bonds. The number of aromatic nitrogens is 2. The van der Waals surface area contributed by atoms with Crippen molar-refractivity contribution in [2.75, 3.05) is 37.6 Å². The van der Waals surface area contributed by atoms with E-state index in [0.717, 1.165) is 56.5 Å². The van der Waals surface area contributed by atoms with Crippen LogP contribution in [-0.4, -0.2) is 58.9 Å². The van der Waals surface area contributed by atoms with Crippen LogP contribution < -0.4 is 10.2 Å². The Morgan fingerprint density at radius 3 is 2.64 bits per heavy atom. The van der Waals surface area contributed by atoms with Gasteiger partial charge in [-0.15, -0.1) is 12.4 Å². The Labute approximate surface area is 141 Å². The molecule has 124 valence electrons. The quantitative estimate of drug-likeness (QED) is 0.875. The van der Waals surface area contributed by atoms with E-state index in [2.05, 4.69) is 26.5 Å². The first kappa shape index (κ1) is 17.4. The third-order valence-electron chi connectivity index (χ3n) is 4.35. The van der Waals surface area contributed by atoms with E-state index < -0.39 is 0 Å². The van der Waals surface area contributed by atoms with Crippen LogP contribution in [0.3, 0.4) is 0 Å². The van der Waals surface area contributed by atoms with Crippen LogP contribution in [0.25, 0.3) is 0 Å². The number of piperazine rings is 1. The maximum atomic E-state index is 12.6. The summed E-state index contributed by atoms with van der Waals surface area (Å²) in [6.45, 7) is 8.36. The van der Waals surface area contributed by atoms with Gasteiger partial charge in [-0.05, 0) is 33.2 Å². The minimum Gasteiger partial charge on any atom is -0.343 e. The summed E-state index contributed by atoms with van der Waals surface area (Å²) < 4.78 is 4.23. The van der Waals surface area contributed by atoms with Crippen molar-refractivity contribution in [3.8, 4) is 0 Å². The Bertz CT molecular complexity index is 503. The van der Waals surface area contributed by atoms with Gasteiger partial charge in [0.15, 0.2) is 0 Å². The number of halogens is 1. The number of rotatable bonds is 2. The maximum Gasteiger partial charge on any atom is 0.225 e. The van der Waals surface area contributed by atoms with Crippen LogP contribution in [0.5, 0.6) is 0 Å². The molecule has 1 aromatic heterocycles. The fraction of sp³-hybridized carbons (Fsp3) is 0.786. The largest absolute Gasteiger partial charge is 0.343 e. The monoisotopic (exact) mass is 345 g/mol. The normalized spacial score (nSPS) is 25.7. The van der Waals surface area contributed by atoms with Crippen molar-refractivity contribution in [3.63, 3.8) is 0 Å². The van der Waals surface area contributed by atoms with Crippen LogP contribution in [0.4, 0.5) is 5.13 Å². The number of carbonyl (C=O) groups excluding carboxylic acids is 1. The Balaban J connectivity index is 0.00000176. The third kappa shape index (κ3) is 3.88. The van der Waals surface area contributed by atoms with Gasteiger partial charge in [-0.2, -0.15) is 4.37 Å². The molecule has 1 aromatic rings. The van der Waals surface area contributed by atoms with Gasteiger partial charge in [-0.25, -0.2) is 4.98 Å². The zero-order valence-electron chi connectivity index (χ0n) is 13.1. The van der Waals surface area contributed by atoms with Crippen molar-refractivity contribution in [2.45, 2.75) is 32.7 Å². The van der Waals surface area contributed by atoms with Crippen LogP contribution in [0.1, 0.15) is 25.6 Å². The number of nitrogens with one attached hydrogen (secondary N) is 1. The van der Waals surface area contributed by atoms with Gasteiger partial charge in [0.1, 0.15) is 5.82 Å². The Hall–Kier alpha value is -0.920. The Kier molecular flexibility index (Phi) is 6.00. The van der Waals surface area contributed by atoms with E-state index in [9.17, 15) is 4.79 Å². The molecule has 8 heteroatoms. The van der Waals surface area contributed by atoms with Gasteiger partial charge < -0.3 is 15.1 Å². The van der Waals surface area contributed by atoms with E-state index in [-0.39, 0.29) is 18.3 Å². The molecule has 22 heavy (non-hydrogen) atoms. The van der Waals surface area contributed by atoms with Crippen molar-refractivity contribution >= 4 is 35.0 Å². The number of carbonyl (C=O) groups is 1. The third-order valence-corrected chi connectivity index (χ3v) is 5.22. The zero-order valence-corrected chi connectivity index (χ0v) is 14.8. The lowest BCUT2D eigenvalue weighted by atomic mass is 9.92. The molecule has 0 aromatic carbocycles. The summed E-state index contributed by atoms with van der Waals surface area (Å²) >= 11 is 1.45. The van der Waals surface area contributed by atoms with E-state index in [1.54, 1.807) is 0 Å². The highest BCUT2D eigenvalue weighted by molar-refractivity contribution is 7.09. The molecule has 2 fully saturated rings. The van der Waals surface area contributed by atoms with E-state index >= 15 is 0 Å². The summed E-state index contributed by atoms with van der Waals surface area (Å²) in [4.78, 5) is 21.3. The van der Waals surface area contributed by atoms with Gasteiger partial charge in [-0.3, -0.25) is 4.79 Å². The predicted molar refractivity (Wildman–Crippen MR) is 90.9 cm³/mol. The summed E-state index contributed by atoms with van der Waals surface area (Å²) in [7, 11) is 0. The molecule has 0 unspecified atom stereocenters. The molecule has 2 aliphatic heterocycles. The SMILES string of the molecule is Cc1nsc(N2CCN(C(=O)[C@H]3CCN[C@@H](C)C3)CC2)n1.Cl. The number of hydrogen-bond donors (Lipinski definition) is 1. The molecule has 3 heterocycles. The summed E-state index contributed by atoms with van der Waals surface area (Å²) in [5.74, 6) is 1.38. The van der Waals surface area contributed by atoms with Crippen LogP contribution in [0.15, 0.2) is 0 Å². The number of aryl methyl sites for hydroxylation is 1. The molecular weight excluding hydrogens is 322 g/mol. The van der Waals surface area contributed by atoms with Crippen LogP contribution in [-0.2, 0) is 4.79 Å². The lowest BCUT2D eigenvalue weighted by Gasteiger charge is -2.37. The van der Waals surface area contributed by atoms with Crippen molar-refractivity contribution in [3.05, 3.63) is 5.82 Å². The first-order valence-electron chi connectivity index (χ1n) is 7.71. The zero-order chi connectivity index (χ0) is 14.8. The van der Waals surface area contributed by atoms with E-state index in [1.165, 1.54) is 11.5 Å². The fourth-order valence-electron chi connectivity index (χ4n) is 3.15. The smallest absolute Gasteiger partial charge is 0.225 e. The maximum absolute atomic E-state index is 12.6. The topological polar surface area (TPSA) is 61.4 Å². The number of piperidine rings is 1. The van der Waals surface area contributed by atoms with Gasteiger partial charge in [0.05, 0.1) is 0 Å². The first-order valence-corrected chi connectivity index (χ1v) is 8.48. The van der Waals surface area contributed by atoms with E-state index in [4.69, 9.17) is 0 Å². The molecular formula is C14H24ClN5OS. The molecule has 1 N–H and O–H groups in total. The van der Waals surface area contributed by atoms with Gasteiger partial charge in [0, 0.05) is 49.7 Å². The van der Waals surface area contributed by atoms with Crippen molar-refractivity contribution in [1.82, 2.24) is 19.6 Å². The summed E-state index contributed by atoms with van der Waals surface area (Å²) in [6.07, 6.45) is 1.94. The van der Waals surface area contributed by atoms with Crippen LogP contribution >= 0.6 is 23.9 Å². The second-order valence-electron chi connectivity index (χ2n) is 6.01. The average molecular weight is 346 g/mol. The number of nitrogens with zero attached hydrogens (tertiary/aromatic N) is 4. The Morgan fingerprint density at radius 2 is 2.05 bits per heavy atom. The summed E-state index contributed by atoms with van der Waals surface area (Å²) in [6, 6.07) is 0.457. The van der Waals surface area contributed by atoms with Crippen LogP contribution in [0.2, 0.25) is 0 Å².